The predicted molar refractivity (Wildman–Crippen MR) is 99.3 cm³/mol. The summed E-state index contributed by atoms with van der Waals surface area (Å²) in [6, 6.07) is 17.4. The van der Waals surface area contributed by atoms with Crippen molar-refractivity contribution in [1.82, 2.24) is 0 Å². The van der Waals surface area contributed by atoms with Gasteiger partial charge in [-0.25, -0.2) is 0 Å². The van der Waals surface area contributed by atoms with Gasteiger partial charge in [0.2, 0.25) is 0 Å². The van der Waals surface area contributed by atoms with E-state index in [4.69, 9.17) is 0 Å². The van der Waals surface area contributed by atoms with Crippen LogP contribution >= 0.6 is 0 Å². The molecule has 1 aliphatic rings. The van der Waals surface area contributed by atoms with Gasteiger partial charge in [0.15, 0.2) is 11.6 Å². The second kappa shape index (κ2) is 6.15. The fraction of sp³-hybridized carbons (Fsp3) is 0. The first kappa shape index (κ1) is 17.1. The number of benzene rings is 3. The van der Waals surface area contributed by atoms with Crippen LogP contribution in [0, 0.1) is 0 Å². The third kappa shape index (κ3) is 2.92. The van der Waals surface area contributed by atoms with Gasteiger partial charge in [-0.3, -0.25) is 14.1 Å². The van der Waals surface area contributed by atoms with Gasteiger partial charge < -0.3 is 5.32 Å². The third-order valence-electron chi connectivity index (χ3n) is 4.35. The third-order valence-corrected chi connectivity index (χ3v) is 5.18. The Kier molecular flexibility index (Phi) is 3.91. The number of anilines is 2. The van der Waals surface area contributed by atoms with Gasteiger partial charge in [-0.05, 0) is 24.3 Å². The number of para-hydroxylation sites is 1. The van der Waals surface area contributed by atoms with Gasteiger partial charge in [0.05, 0.1) is 16.1 Å². The van der Waals surface area contributed by atoms with E-state index in [1.807, 2.05) is 0 Å². The van der Waals surface area contributed by atoms with E-state index in [9.17, 15) is 22.6 Å². The Labute approximate surface area is 155 Å². The average Bonchev–Trinajstić information content (AvgIpc) is 2.66. The van der Waals surface area contributed by atoms with Crippen molar-refractivity contribution in [2.24, 2.45) is 0 Å². The maximum absolute atomic E-state index is 13.0. The summed E-state index contributed by atoms with van der Waals surface area (Å²) in [6.07, 6.45) is 0. The molecule has 0 bridgehead atoms. The SMILES string of the molecule is O=C1c2ccccc2C(=O)c2c(Nc3ccccc3)cc(S(=O)(=O)O)cc21. The molecule has 0 spiro atoms. The lowest BCUT2D eigenvalue weighted by molar-refractivity contribution is 0.0979. The topological polar surface area (TPSA) is 101 Å². The summed E-state index contributed by atoms with van der Waals surface area (Å²) in [5, 5.41) is 2.98. The molecule has 0 amide bonds. The van der Waals surface area contributed by atoms with Crippen molar-refractivity contribution >= 4 is 33.1 Å². The maximum atomic E-state index is 13.0. The molecule has 1 aliphatic carbocycles. The van der Waals surface area contributed by atoms with E-state index >= 15 is 0 Å². The lowest BCUT2D eigenvalue weighted by Crippen LogP contribution is -2.23. The summed E-state index contributed by atoms with van der Waals surface area (Å²) >= 11 is 0. The fourth-order valence-corrected chi connectivity index (χ4v) is 3.66. The van der Waals surface area contributed by atoms with Crippen LogP contribution in [0.5, 0.6) is 0 Å². The maximum Gasteiger partial charge on any atom is 0.294 e. The normalized spacial score (nSPS) is 13.1. The van der Waals surface area contributed by atoms with E-state index in [2.05, 4.69) is 5.32 Å². The zero-order valence-electron chi connectivity index (χ0n) is 13.8. The van der Waals surface area contributed by atoms with Crippen molar-refractivity contribution in [2.45, 2.75) is 4.90 Å². The highest BCUT2D eigenvalue weighted by Gasteiger charge is 2.33. The molecule has 0 fully saturated rings. The highest BCUT2D eigenvalue weighted by Crippen LogP contribution is 2.35. The molecule has 27 heavy (non-hydrogen) atoms. The summed E-state index contributed by atoms with van der Waals surface area (Å²) < 4.78 is 32.9. The smallest absolute Gasteiger partial charge is 0.294 e. The van der Waals surface area contributed by atoms with Crippen molar-refractivity contribution in [2.75, 3.05) is 5.32 Å². The van der Waals surface area contributed by atoms with Crippen LogP contribution in [0.15, 0.2) is 71.6 Å². The van der Waals surface area contributed by atoms with Crippen molar-refractivity contribution < 1.29 is 22.6 Å². The molecule has 3 aromatic rings. The van der Waals surface area contributed by atoms with Gasteiger partial charge in [-0.1, -0.05) is 42.5 Å². The number of nitrogens with one attached hydrogen (secondary N) is 1. The first-order valence-corrected chi connectivity index (χ1v) is 9.46. The molecule has 0 atom stereocenters. The van der Waals surface area contributed by atoms with E-state index < -0.39 is 20.8 Å². The Balaban J connectivity index is 1.99. The lowest BCUT2D eigenvalue weighted by atomic mass is 9.83. The highest BCUT2D eigenvalue weighted by atomic mass is 32.2. The van der Waals surface area contributed by atoms with Crippen LogP contribution in [0.3, 0.4) is 0 Å². The number of ketones is 2. The molecule has 0 aliphatic heterocycles. The zero-order valence-corrected chi connectivity index (χ0v) is 14.7. The molecule has 0 heterocycles. The van der Waals surface area contributed by atoms with Gasteiger partial charge in [0, 0.05) is 22.4 Å². The summed E-state index contributed by atoms with van der Waals surface area (Å²) in [5.74, 6) is -0.859. The molecule has 0 radical (unpaired) electrons. The molecular weight excluding hydrogens is 366 g/mol. The van der Waals surface area contributed by atoms with Gasteiger partial charge in [-0.2, -0.15) is 8.42 Å². The monoisotopic (exact) mass is 379 g/mol. The highest BCUT2D eigenvalue weighted by molar-refractivity contribution is 7.85. The summed E-state index contributed by atoms with van der Waals surface area (Å²) in [4.78, 5) is 25.4. The fourth-order valence-electron chi connectivity index (χ4n) is 3.12. The number of rotatable bonds is 3. The molecule has 0 aromatic heterocycles. The van der Waals surface area contributed by atoms with Crippen LogP contribution < -0.4 is 5.32 Å². The number of fused-ring (bicyclic) bond motifs is 2. The first-order chi connectivity index (χ1) is 12.9. The summed E-state index contributed by atoms with van der Waals surface area (Å²) in [5.41, 5.74) is 1.21. The van der Waals surface area contributed by atoms with Crippen LogP contribution in [0.2, 0.25) is 0 Å². The Bertz CT molecular complexity index is 1200. The minimum Gasteiger partial charge on any atom is -0.355 e. The van der Waals surface area contributed by atoms with E-state index in [0.717, 1.165) is 12.1 Å². The van der Waals surface area contributed by atoms with Gasteiger partial charge in [0.1, 0.15) is 0 Å². The Morgan fingerprint density at radius 2 is 1.33 bits per heavy atom. The van der Waals surface area contributed by atoms with Gasteiger partial charge in [0.25, 0.3) is 10.1 Å². The van der Waals surface area contributed by atoms with E-state index in [1.165, 1.54) is 6.07 Å². The second-order valence-corrected chi connectivity index (χ2v) is 7.48. The Hall–Kier alpha value is -3.29. The van der Waals surface area contributed by atoms with Crippen molar-refractivity contribution in [3.05, 3.63) is 89.0 Å². The largest absolute Gasteiger partial charge is 0.355 e. The van der Waals surface area contributed by atoms with E-state index in [0.29, 0.717) is 5.69 Å². The van der Waals surface area contributed by atoms with Crippen molar-refractivity contribution in [3.63, 3.8) is 0 Å². The van der Waals surface area contributed by atoms with Crippen molar-refractivity contribution in [3.8, 4) is 0 Å². The molecule has 0 saturated carbocycles. The molecule has 0 saturated heterocycles. The minimum atomic E-state index is -4.57. The molecular formula is C20H13NO5S. The van der Waals surface area contributed by atoms with E-state index in [-0.39, 0.29) is 33.7 Å². The van der Waals surface area contributed by atoms with Gasteiger partial charge in [-0.15, -0.1) is 0 Å². The quantitative estimate of drug-likeness (QED) is 0.529. The summed E-state index contributed by atoms with van der Waals surface area (Å²) in [6.45, 7) is 0. The number of carbonyl (C=O) groups is 2. The molecule has 134 valence electrons. The minimum absolute atomic E-state index is 0.0627. The average molecular weight is 379 g/mol. The van der Waals surface area contributed by atoms with Crippen LogP contribution in [0.25, 0.3) is 0 Å². The molecule has 0 unspecified atom stereocenters. The number of carbonyl (C=O) groups excluding carboxylic acids is 2. The molecule has 7 heteroatoms. The van der Waals surface area contributed by atoms with Crippen LogP contribution in [0.1, 0.15) is 31.8 Å². The molecule has 6 nitrogen and oxygen atoms in total. The van der Waals surface area contributed by atoms with E-state index in [1.54, 1.807) is 48.5 Å². The van der Waals surface area contributed by atoms with Crippen LogP contribution in [0.4, 0.5) is 11.4 Å². The van der Waals surface area contributed by atoms with Crippen molar-refractivity contribution in [1.29, 1.82) is 0 Å². The summed E-state index contributed by atoms with van der Waals surface area (Å²) in [7, 11) is -4.57. The predicted octanol–water partition coefficient (Wildman–Crippen LogP) is 3.45. The second-order valence-electron chi connectivity index (χ2n) is 6.06. The Morgan fingerprint density at radius 3 is 1.96 bits per heavy atom. The molecule has 3 aromatic carbocycles. The first-order valence-electron chi connectivity index (χ1n) is 8.02. The molecule has 4 rings (SSSR count). The van der Waals surface area contributed by atoms with Crippen LogP contribution in [-0.2, 0) is 10.1 Å². The standard InChI is InChI=1S/C20H13NO5S/c22-19-14-8-4-5-9-15(14)20(23)18-16(19)10-13(27(24,25)26)11-17(18)21-12-6-2-1-3-7-12/h1-11,21H,(H,24,25,26). The molecule has 2 N–H and O–H groups in total. The Morgan fingerprint density at radius 1 is 0.741 bits per heavy atom. The number of hydrogen-bond acceptors (Lipinski definition) is 5. The number of hydrogen-bond donors (Lipinski definition) is 2. The van der Waals surface area contributed by atoms with Gasteiger partial charge >= 0.3 is 0 Å². The van der Waals surface area contributed by atoms with Crippen LogP contribution in [-0.4, -0.2) is 24.5 Å². The zero-order chi connectivity index (χ0) is 19.2. The lowest BCUT2D eigenvalue weighted by Gasteiger charge is -2.21.